The molecule has 0 amide bonds. The molecule has 300 valence electrons. The minimum Gasteiger partial charge on any atom is -0.387 e. The summed E-state index contributed by atoms with van der Waals surface area (Å²) in [6, 6.07) is 64.1. The molecule has 9 nitrogen and oxygen atoms in total. The Kier molecular flexibility index (Phi) is 8.79. The number of aliphatic imine (C=N–C) groups is 2. The fourth-order valence-electron chi connectivity index (χ4n) is 9.58. The molecular weight excluding hydrogens is 763 g/mol. The molecule has 0 aliphatic carbocycles. The van der Waals surface area contributed by atoms with Crippen LogP contribution >= 0.6 is 0 Å². The van der Waals surface area contributed by atoms with Crippen LogP contribution in [0.3, 0.4) is 0 Å². The van der Waals surface area contributed by atoms with Gasteiger partial charge in [-0.2, -0.15) is 0 Å². The van der Waals surface area contributed by atoms with E-state index in [0.29, 0.717) is 6.54 Å². The number of hydrogen-bond donors (Lipinski definition) is 5. The highest BCUT2D eigenvalue weighted by molar-refractivity contribution is 6.18. The molecule has 62 heavy (non-hydrogen) atoms. The molecule has 0 spiro atoms. The van der Waals surface area contributed by atoms with Crippen LogP contribution in [0.1, 0.15) is 52.0 Å². The topological polar surface area (TPSA) is 93.0 Å². The zero-order chi connectivity index (χ0) is 41.0. The zero-order valence-corrected chi connectivity index (χ0v) is 33.8. The van der Waals surface area contributed by atoms with Gasteiger partial charge in [-0.15, -0.1) is 0 Å². The summed E-state index contributed by atoms with van der Waals surface area (Å²) < 4.78 is 2.43. The summed E-state index contributed by atoms with van der Waals surface area (Å²) in [5.74, 6) is 1.66. The van der Waals surface area contributed by atoms with Crippen molar-refractivity contribution >= 4 is 56.0 Å². The van der Waals surface area contributed by atoms with Gasteiger partial charge in [0.15, 0.2) is 12.6 Å². The molecule has 12 rings (SSSR count). The minimum absolute atomic E-state index is 0.207. The molecule has 4 aliphatic rings. The SMILES string of the molecule is C1=CC2=C(CN1)c1c(ccc3c4ccccc4n(C4N=C(c5ccccc5)NC(c5ccccc5)N4)c13)N(C1N=C(c3ccccc3)NC(c3ccccc3)N1)c1ccccc12. The van der Waals surface area contributed by atoms with Crippen LogP contribution in [0, 0.1) is 0 Å². The van der Waals surface area contributed by atoms with Gasteiger partial charge in [0.25, 0.3) is 0 Å². The van der Waals surface area contributed by atoms with Crippen LogP contribution in [-0.4, -0.2) is 29.1 Å². The van der Waals surface area contributed by atoms with Crippen molar-refractivity contribution in [2.24, 2.45) is 9.98 Å². The van der Waals surface area contributed by atoms with Crippen molar-refractivity contribution in [2.75, 3.05) is 11.4 Å². The molecule has 4 atom stereocenters. The Labute approximate surface area is 359 Å². The summed E-state index contributed by atoms with van der Waals surface area (Å²) in [6.07, 6.45) is 2.93. The highest BCUT2D eigenvalue weighted by Gasteiger charge is 2.38. The quantitative estimate of drug-likeness (QED) is 0.115. The van der Waals surface area contributed by atoms with Crippen LogP contribution in [0.15, 0.2) is 204 Å². The van der Waals surface area contributed by atoms with E-state index in [9.17, 15) is 0 Å². The van der Waals surface area contributed by atoms with Gasteiger partial charge in [-0.05, 0) is 52.7 Å². The molecule has 0 radical (unpaired) electrons. The number of hydrogen-bond acceptors (Lipinski definition) is 8. The van der Waals surface area contributed by atoms with Gasteiger partial charge < -0.3 is 25.4 Å². The molecule has 0 fully saturated rings. The second-order valence-electron chi connectivity index (χ2n) is 16.0. The fraction of sp³-hybridized carbons (Fsp3) is 0.0943. The van der Waals surface area contributed by atoms with E-state index in [0.717, 1.165) is 72.8 Å². The fourth-order valence-corrected chi connectivity index (χ4v) is 9.58. The smallest absolute Gasteiger partial charge is 0.184 e. The normalized spacial score (nSPS) is 20.5. The number of rotatable bonds is 6. The Hall–Kier alpha value is -7.72. The Morgan fingerprint density at radius 1 is 0.500 bits per heavy atom. The third kappa shape index (κ3) is 6.09. The van der Waals surface area contributed by atoms with E-state index >= 15 is 0 Å². The molecule has 1 aromatic heterocycles. The lowest BCUT2D eigenvalue weighted by molar-refractivity contribution is 0.341. The number of dihydropyridines is 1. The largest absolute Gasteiger partial charge is 0.387 e. The van der Waals surface area contributed by atoms with Gasteiger partial charge in [-0.1, -0.05) is 164 Å². The van der Waals surface area contributed by atoms with Crippen LogP contribution in [0.25, 0.3) is 33.0 Å². The number of nitrogens with zero attached hydrogens (tertiary/aromatic N) is 4. The number of nitrogens with one attached hydrogen (secondary N) is 5. The molecule has 9 heteroatoms. The predicted octanol–water partition coefficient (Wildman–Crippen LogP) is 9.69. The molecular formula is C53H43N9. The first-order valence-corrected chi connectivity index (χ1v) is 21.3. The number of para-hydroxylation sites is 2. The van der Waals surface area contributed by atoms with Crippen LogP contribution in [0.5, 0.6) is 0 Å². The van der Waals surface area contributed by atoms with Gasteiger partial charge in [-0.25, -0.2) is 9.98 Å². The van der Waals surface area contributed by atoms with Crippen molar-refractivity contribution in [1.82, 2.24) is 31.2 Å². The minimum atomic E-state index is -0.493. The van der Waals surface area contributed by atoms with E-state index in [1.54, 1.807) is 0 Å². The summed E-state index contributed by atoms with van der Waals surface area (Å²) in [6.45, 7) is 0.650. The van der Waals surface area contributed by atoms with Crippen molar-refractivity contribution in [3.8, 4) is 0 Å². The van der Waals surface area contributed by atoms with E-state index in [-0.39, 0.29) is 12.3 Å². The van der Waals surface area contributed by atoms with Gasteiger partial charge in [-0.3, -0.25) is 10.6 Å². The zero-order valence-electron chi connectivity index (χ0n) is 33.8. The molecule has 4 unspecified atom stereocenters. The number of amidine groups is 2. The van der Waals surface area contributed by atoms with Crippen LogP contribution in [0.4, 0.5) is 11.4 Å². The number of anilines is 2. The molecule has 8 aromatic rings. The van der Waals surface area contributed by atoms with E-state index < -0.39 is 12.6 Å². The molecule has 4 aliphatic heterocycles. The monoisotopic (exact) mass is 805 g/mol. The summed E-state index contributed by atoms with van der Waals surface area (Å²) in [5.41, 5.74) is 13.3. The summed E-state index contributed by atoms with van der Waals surface area (Å²) in [7, 11) is 0. The number of fused-ring (bicyclic) bond motifs is 8. The van der Waals surface area contributed by atoms with Gasteiger partial charge in [0.05, 0.1) is 22.4 Å². The highest BCUT2D eigenvalue weighted by Crippen LogP contribution is 2.50. The van der Waals surface area contributed by atoms with E-state index in [2.05, 4.69) is 218 Å². The second kappa shape index (κ2) is 15.1. The first-order valence-electron chi connectivity index (χ1n) is 21.3. The van der Waals surface area contributed by atoms with Crippen molar-refractivity contribution in [3.63, 3.8) is 0 Å². The third-order valence-corrected chi connectivity index (χ3v) is 12.4. The molecule has 0 saturated heterocycles. The van der Waals surface area contributed by atoms with Gasteiger partial charge in [0, 0.05) is 39.6 Å². The van der Waals surface area contributed by atoms with Crippen LogP contribution in [0.2, 0.25) is 0 Å². The number of allylic oxidation sites excluding steroid dienone is 2. The Morgan fingerprint density at radius 3 is 1.74 bits per heavy atom. The predicted molar refractivity (Wildman–Crippen MR) is 252 cm³/mol. The summed E-state index contributed by atoms with van der Waals surface area (Å²) in [5, 5.41) is 21.4. The first-order chi connectivity index (χ1) is 30.8. The lowest BCUT2D eigenvalue weighted by atomic mass is 9.91. The van der Waals surface area contributed by atoms with E-state index in [4.69, 9.17) is 9.98 Å². The van der Waals surface area contributed by atoms with Crippen LogP contribution < -0.4 is 31.5 Å². The Bertz CT molecular complexity index is 3100. The average molecular weight is 806 g/mol. The molecule has 7 aromatic carbocycles. The highest BCUT2D eigenvalue weighted by atomic mass is 15.4. The average Bonchev–Trinajstić information content (AvgIpc) is 3.63. The second-order valence-corrected chi connectivity index (χ2v) is 16.0. The van der Waals surface area contributed by atoms with Gasteiger partial charge in [0.2, 0.25) is 0 Å². The van der Waals surface area contributed by atoms with Crippen molar-refractivity contribution in [2.45, 2.75) is 24.9 Å². The van der Waals surface area contributed by atoms with Gasteiger partial charge >= 0.3 is 0 Å². The number of benzene rings is 7. The molecule has 0 bridgehead atoms. The maximum atomic E-state index is 5.55. The van der Waals surface area contributed by atoms with Crippen molar-refractivity contribution in [1.29, 1.82) is 0 Å². The third-order valence-electron chi connectivity index (χ3n) is 12.4. The first kappa shape index (κ1) is 36.2. The lowest BCUT2D eigenvalue weighted by Gasteiger charge is -2.40. The Morgan fingerprint density at radius 2 is 1.06 bits per heavy atom. The summed E-state index contributed by atoms with van der Waals surface area (Å²) >= 11 is 0. The van der Waals surface area contributed by atoms with E-state index in [1.807, 2.05) is 12.1 Å². The standard InChI is InChI=1S/C53H43N9/c1-5-17-34(18-6-1)48-55-49(35-19-7-2-8-20-35)58-52(57-48)61-43-27-15-13-25-39(43)38-31-32-54-33-42(38)46-45(61)30-29-41-40-26-14-16-28-44(40)62(47(41)46)53-59-50(36-21-9-3-10-22-36)56-51(60-53)37-23-11-4-12-24-37/h1-32,48,50,52-54,57,59H,33H2,(H,55,58)(H,56,60). The van der Waals surface area contributed by atoms with Gasteiger partial charge in [0.1, 0.15) is 24.0 Å². The molecule has 5 heterocycles. The van der Waals surface area contributed by atoms with Crippen molar-refractivity contribution in [3.05, 3.63) is 228 Å². The lowest BCUT2D eigenvalue weighted by Crippen LogP contribution is -2.54. The molecule has 5 N–H and O–H groups in total. The van der Waals surface area contributed by atoms with Crippen molar-refractivity contribution < 1.29 is 0 Å². The molecule has 0 saturated carbocycles. The summed E-state index contributed by atoms with van der Waals surface area (Å²) in [4.78, 5) is 13.5. The van der Waals surface area contributed by atoms with Crippen LogP contribution in [-0.2, 0) is 0 Å². The maximum Gasteiger partial charge on any atom is 0.184 e. The number of aromatic nitrogens is 1. The maximum absolute atomic E-state index is 5.55. The van der Waals surface area contributed by atoms with E-state index in [1.165, 1.54) is 16.5 Å². The Balaban J connectivity index is 1.14.